The Morgan fingerprint density at radius 1 is 0.857 bits per heavy atom. The molecule has 2 nitrogen and oxygen atoms in total. The molecule has 0 aliphatic heterocycles. The van der Waals surface area contributed by atoms with Crippen LogP contribution in [0, 0.1) is 6.33 Å². The van der Waals surface area contributed by atoms with Crippen molar-refractivity contribution >= 4 is 0 Å². The van der Waals surface area contributed by atoms with Gasteiger partial charge in [0.1, 0.15) is 0 Å². The molecule has 0 fully saturated rings. The molecule has 0 unspecified atom stereocenters. The van der Waals surface area contributed by atoms with Gasteiger partial charge in [0, 0.05) is 6.20 Å². The van der Waals surface area contributed by atoms with Gasteiger partial charge in [-0.1, -0.05) is 57.2 Å². The standard InChI is InChI=1S/C19H20N2/c1-19(2,3)18-14-20(16-10-6-4-7-11-16)15-21(18)17-12-8-5-9-13-17/h4-14H,1-3H3. The van der Waals surface area contributed by atoms with E-state index in [9.17, 15) is 0 Å². The highest BCUT2D eigenvalue weighted by Crippen LogP contribution is 2.21. The summed E-state index contributed by atoms with van der Waals surface area (Å²) < 4.78 is 4.21. The molecule has 0 radical (unpaired) electrons. The predicted molar refractivity (Wildman–Crippen MR) is 84.8 cm³/mol. The minimum absolute atomic E-state index is 0.0480. The molecule has 2 heteroatoms. The van der Waals surface area contributed by atoms with Crippen LogP contribution in [0.4, 0.5) is 0 Å². The first-order valence-electron chi connectivity index (χ1n) is 7.24. The summed E-state index contributed by atoms with van der Waals surface area (Å²) in [6.07, 6.45) is 5.62. The number of benzene rings is 2. The largest absolute Gasteiger partial charge is 0.299 e. The summed E-state index contributed by atoms with van der Waals surface area (Å²) in [4.78, 5) is 0. The van der Waals surface area contributed by atoms with Gasteiger partial charge in [0.05, 0.1) is 17.1 Å². The lowest BCUT2D eigenvalue weighted by Crippen LogP contribution is -2.38. The van der Waals surface area contributed by atoms with E-state index in [1.807, 2.05) is 24.3 Å². The van der Waals surface area contributed by atoms with Crippen LogP contribution in [0.5, 0.6) is 0 Å². The maximum atomic E-state index is 3.45. The summed E-state index contributed by atoms with van der Waals surface area (Å²) in [5.41, 5.74) is 3.54. The number of para-hydroxylation sites is 2. The van der Waals surface area contributed by atoms with Crippen molar-refractivity contribution in [3.8, 4) is 11.4 Å². The summed E-state index contributed by atoms with van der Waals surface area (Å²) in [5.74, 6) is 0. The minimum atomic E-state index is 0.0480. The number of imidazole rings is 1. The Bertz CT molecular complexity index is 719. The molecule has 106 valence electrons. The molecule has 0 saturated carbocycles. The van der Waals surface area contributed by atoms with Gasteiger partial charge in [-0.25, -0.2) is 0 Å². The average molecular weight is 276 g/mol. The SMILES string of the molecule is CC(C)(C)c1cn(-c2ccccc2)[c-][n+]1-c1ccccc1. The van der Waals surface area contributed by atoms with Gasteiger partial charge in [-0.3, -0.25) is 9.13 Å². The van der Waals surface area contributed by atoms with Crippen molar-refractivity contribution in [1.82, 2.24) is 4.57 Å². The summed E-state index contributed by atoms with van der Waals surface area (Å²) in [6.45, 7) is 6.68. The number of hydrogen-bond donors (Lipinski definition) is 0. The van der Waals surface area contributed by atoms with E-state index in [1.54, 1.807) is 0 Å². The lowest BCUT2D eigenvalue weighted by molar-refractivity contribution is -0.611. The zero-order valence-corrected chi connectivity index (χ0v) is 12.7. The highest BCUT2D eigenvalue weighted by atomic mass is 15.1. The molecular weight excluding hydrogens is 256 g/mol. The minimum Gasteiger partial charge on any atom is -0.299 e. The Labute approximate surface area is 126 Å². The van der Waals surface area contributed by atoms with Gasteiger partial charge in [0.2, 0.25) is 0 Å². The molecule has 0 atom stereocenters. The third-order valence-electron chi connectivity index (χ3n) is 3.52. The van der Waals surface area contributed by atoms with Crippen LogP contribution in [0.25, 0.3) is 11.4 Å². The van der Waals surface area contributed by atoms with Crippen LogP contribution < -0.4 is 4.57 Å². The number of aromatic nitrogens is 2. The van der Waals surface area contributed by atoms with E-state index >= 15 is 0 Å². The lowest BCUT2D eigenvalue weighted by Gasteiger charge is -2.20. The van der Waals surface area contributed by atoms with Crippen LogP contribution in [0.3, 0.4) is 0 Å². The fraction of sp³-hybridized carbons (Fsp3) is 0.211. The summed E-state index contributed by atoms with van der Waals surface area (Å²) in [6, 6.07) is 20.7. The van der Waals surface area contributed by atoms with Crippen molar-refractivity contribution in [2.24, 2.45) is 0 Å². The Balaban J connectivity index is 2.17. The van der Waals surface area contributed by atoms with Crippen molar-refractivity contribution in [2.45, 2.75) is 26.2 Å². The second kappa shape index (κ2) is 5.21. The van der Waals surface area contributed by atoms with Crippen LogP contribution in [0.1, 0.15) is 26.5 Å². The second-order valence-electron chi connectivity index (χ2n) is 6.24. The molecule has 0 spiro atoms. The Kier molecular flexibility index (Phi) is 3.38. The first-order valence-corrected chi connectivity index (χ1v) is 7.24. The van der Waals surface area contributed by atoms with Gasteiger partial charge >= 0.3 is 0 Å². The molecule has 0 saturated heterocycles. The van der Waals surface area contributed by atoms with Crippen molar-refractivity contribution in [3.63, 3.8) is 0 Å². The molecule has 21 heavy (non-hydrogen) atoms. The molecule has 0 bridgehead atoms. The maximum Gasteiger partial charge on any atom is 0.269 e. The molecular formula is C19H20N2. The maximum absolute atomic E-state index is 3.45. The van der Waals surface area contributed by atoms with Crippen LogP contribution in [-0.2, 0) is 5.41 Å². The zero-order valence-electron chi connectivity index (χ0n) is 12.7. The van der Waals surface area contributed by atoms with Gasteiger partial charge in [-0.05, 0) is 29.7 Å². The van der Waals surface area contributed by atoms with E-state index in [2.05, 4.69) is 78.8 Å². The summed E-state index contributed by atoms with van der Waals surface area (Å²) in [7, 11) is 0. The molecule has 0 aliphatic carbocycles. The quantitative estimate of drug-likeness (QED) is 0.496. The third kappa shape index (κ3) is 2.75. The molecule has 0 aliphatic rings. The molecule has 0 N–H and O–H groups in total. The van der Waals surface area contributed by atoms with E-state index in [-0.39, 0.29) is 5.41 Å². The summed E-state index contributed by atoms with van der Waals surface area (Å²) >= 11 is 0. The van der Waals surface area contributed by atoms with Crippen molar-refractivity contribution in [1.29, 1.82) is 0 Å². The monoisotopic (exact) mass is 276 g/mol. The lowest BCUT2D eigenvalue weighted by atomic mass is 9.92. The fourth-order valence-corrected chi connectivity index (χ4v) is 2.39. The molecule has 2 aromatic carbocycles. The number of nitrogens with zero attached hydrogens (tertiary/aromatic N) is 2. The topological polar surface area (TPSA) is 8.81 Å². The molecule has 1 heterocycles. The van der Waals surface area contributed by atoms with E-state index in [1.165, 1.54) is 5.69 Å². The van der Waals surface area contributed by atoms with Crippen LogP contribution >= 0.6 is 0 Å². The van der Waals surface area contributed by atoms with E-state index < -0.39 is 0 Å². The molecule has 3 aromatic rings. The third-order valence-corrected chi connectivity index (χ3v) is 3.52. The second-order valence-corrected chi connectivity index (χ2v) is 6.24. The van der Waals surface area contributed by atoms with E-state index in [4.69, 9.17) is 0 Å². The summed E-state index contributed by atoms with van der Waals surface area (Å²) in [5, 5.41) is 0. The van der Waals surface area contributed by atoms with Crippen LogP contribution in [0.15, 0.2) is 66.9 Å². The highest BCUT2D eigenvalue weighted by molar-refractivity contribution is 5.32. The zero-order chi connectivity index (χ0) is 14.9. The van der Waals surface area contributed by atoms with Gasteiger partial charge in [-0.15, -0.1) is 0 Å². The van der Waals surface area contributed by atoms with Crippen molar-refractivity contribution < 1.29 is 4.57 Å². The van der Waals surface area contributed by atoms with Crippen LogP contribution in [-0.4, -0.2) is 4.57 Å². The number of rotatable bonds is 2. The van der Waals surface area contributed by atoms with Crippen molar-refractivity contribution in [2.75, 3.05) is 0 Å². The van der Waals surface area contributed by atoms with E-state index in [0.29, 0.717) is 0 Å². The Morgan fingerprint density at radius 2 is 1.43 bits per heavy atom. The highest BCUT2D eigenvalue weighted by Gasteiger charge is 2.21. The van der Waals surface area contributed by atoms with Gasteiger partial charge in [0.15, 0.2) is 0 Å². The van der Waals surface area contributed by atoms with Gasteiger partial charge < -0.3 is 0 Å². The van der Waals surface area contributed by atoms with E-state index in [0.717, 1.165) is 11.4 Å². The number of hydrogen-bond acceptors (Lipinski definition) is 0. The normalized spacial score (nSPS) is 11.6. The fourth-order valence-electron chi connectivity index (χ4n) is 2.39. The van der Waals surface area contributed by atoms with Crippen LogP contribution in [0.2, 0.25) is 0 Å². The van der Waals surface area contributed by atoms with Gasteiger partial charge in [0.25, 0.3) is 6.33 Å². The predicted octanol–water partition coefficient (Wildman–Crippen LogP) is 3.85. The van der Waals surface area contributed by atoms with Gasteiger partial charge in [-0.2, -0.15) is 0 Å². The average Bonchev–Trinajstić information content (AvgIpc) is 2.94. The Morgan fingerprint density at radius 3 is 2.00 bits per heavy atom. The first kappa shape index (κ1) is 13.6. The smallest absolute Gasteiger partial charge is 0.269 e. The molecule has 3 rings (SSSR count). The molecule has 0 amide bonds. The Hall–Kier alpha value is -2.35. The molecule has 1 aromatic heterocycles. The first-order chi connectivity index (χ1) is 10.1. The van der Waals surface area contributed by atoms with Crippen molar-refractivity contribution in [3.05, 3.63) is 78.9 Å².